The number of aliphatic imine (C=N–C) groups is 1. The van der Waals surface area contributed by atoms with Gasteiger partial charge in [0.2, 0.25) is 0 Å². The first kappa shape index (κ1) is 23.7. The maximum Gasteiger partial charge on any atom is 0.191 e. The quantitative estimate of drug-likeness (QED) is 0.522. The van der Waals surface area contributed by atoms with Gasteiger partial charge < -0.3 is 10.6 Å². The number of benzene rings is 1. The average molecular weight is 423 g/mol. The third kappa shape index (κ3) is 7.30. The standard InChI is InChI=1S/C22H38N4O2S/c1-6-23-21(24-13-15-29(27,28)22(3,4)5)25-20-12-14-26(18(2)16-20)17-19-10-8-7-9-11-19/h7-11,18,20H,6,12-17H2,1-5H3,(H2,23,24,25). The Balaban J connectivity index is 1.89. The Labute approximate surface area is 177 Å². The van der Waals surface area contributed by atoms with Crippen LogP contribution in [0.25, 0.3) is 0 Å². The third-order valence-electron chi connectivity index (χ3n) is 5.49. The molecule has 0 saturated carbocycles. The fourth-order valence-corrected chi connectivity index (χ4v) is 4.45. The molecule has 0 aromatic heterocycles. The second kappa shape index (κ2) is 10.4. The number of likely N-dealkylation sites (tertiary alicyclic amines) is 1. The van der Waals surface area contributed by atoms with Crippen LogP contribution >= 0.6 is 0 Å². The summed E-state index contributed by atoms with van der Waals surface area (Å²) in [5.41, 5.74) is 1.35. The van der Waals surface area contributed by atoms with Gasteiger partial charge in [-0.1, -0.05) is 30.3 Å². The van der Waals surface area contributed by atoms with Crippen molar-refractivity contribution in [3.8, 4) is 0 Å². The maximum absolute atomic E-state index is 12.3. The van der Waals surface area contributed by atoms with Crippen LogP contribution in [0.5, 0.6) is 0 Å². The van der Waals surface area contributed by atoms with Crippen molar-refractivity contribution in [1.29, 1.82) is 0 Å². The summed E-state index contributed by atoms with van der Waals surface area (Å²) in [6.07, 6.45) is 2.08. The molecule has 29 heavy (non-hydrogen) atoms. The van der Waals surface area contributed by atoms with Crippen molar-refractivity contribution in [2.75, 3.05) is 25.4 Å². The molecule has 1 heterocycles. The van der Waals surface area contributed by atoms with Crippen LogP contribution in [0.4, 0.5) is 0 Å². The SMILES string of the molecule is CCNC(=NCCS(=O)(=O)C(C)(C)C)NC1CCN(Cc2ccccc2)C(C)C1. The van der Waals surface area contributed by atoms with Crippen molar-refractivity contribution < 1.29 is 8.42 Å². The first-order valence-corrected chi connectivity index (χ1v) is 12.3. The molecule has 2 atom stereocenters. The van der Waals surface area contributed by atoms with Crippen LogP contribution in [-0.4, -0.2) is 61.5 Å². The molecule has 1 aromatic carbocycles. The number of rotatable bonds is 7. The predicted octanol–water partition coefficient (Wildman–Crippen LogP) is 2.81. The van der Waals surface area contributed by atoms with Gasteiger partial charge in [-0.3, -0.25) is 9.89 Å². The van der Waals surface area contributed by atoms with Gasteiger partial charge in [-0.25, -0.2) is 8.42 Å². The van der Waals surface area contributed by atoms with E-state index in [-0.39, 0.29) is 12.3 Å². The van der Waals surface area contributed by atoms with Crippen LogP contribution in [0.15, 0.2) is 35.3 Å². The van der Waals surface area contributed by atoms with Crippen LogP contribution in [0, 0.1) is 0 Å². The van der Waals surface area contributed by atoms with Gasteiger partial charge in [0.05, 0.1) is 17.0 Å². The van der Waals surface area contributed by atoms with Crippen LogP contribution in [0.3, 0.4) is 0 Å². The molecule has 1 aliphatic rings. The summed E-state index contributed by atoms with van der Waals surface area (Å²) in [4.78, 5) is 7.04. The van der Waals surface area contributed by atoms with E-state index in [1.54, 1.807) is 20.8 Å². The van der Waals surface area contributed by atoms with Crippen molar-refractivity contribution in [2.24, 2.45) is 4.99 Å². The lowest BCUT2D eigenvalue weighted by molar-refractivity contribution is 0.134. The second-order valence-corrected chi connectivity index (χ2v) is 11.7. The van der Waals surface area contributed by atoms with Crippen LogP contribution in [0.1, 0.15) is 53.0 Å². The van der Waals surface area contributed by atoms with Crippen LogP contribution < -0.4 is 10.6 Å². The highest BCUT2D eigenvalue weighted by Gasteiger charge is 2.29. The van der Waals surface area contributed by atoms with E-state index < -0.39 is 14.6 Å². The second-order valence-electron chi connectivity index (χ2n) is 8.86. The minimum atomic E-state index is -3.16. The van der Waals surface area contributed by atoms with E-state index in [1.807, 2.05) is 6.92 Å². The fraction of sp³-hybridized carbons (Fsp3) is 0.682. The zero-order valence-electron chi connectivity index (χ0n) is 18.6. The molecular formula is C22H38N4O2S. The molecule has 1 aliphatic heterocycles. The first-order valence-electron chi connectivity index (χ1n) is 10.7. The Hall–Kier alpha value is -1.60. The van der Waals surface area contributed by atoms with Gasteiger partial charge in [-0.2, -0.15) is 0 Å². The van der Waals surface area contributed by atoms with E-state index in [0.29, 0.717) is 18.0 Å². The molecule has 0 spiro atoms. The molecule has 0 amide bonds. The largest absolute Gasteiger partial charge is 0.357 e. The lowest BCUT2D eigenvalue weighted by Crippen LogP contribution is -2.51. The zero-order chi connectivity index (χ0) is 21.5. The molecule has 2 rings (SSSR count). The Morgan fingerprint density at radius 1 is 1.24 bits per heavy atom. The lowest BCUT2D eigenvalue weighted by atomic mass is 9.97. The van der Waals surface area contributed by atoms with Gasteiger partial charge in [-0.05, 0) is 53.0 Å². The molecule has 1 fully saturated rings. The van der Waals surface area contributed by atoms with Gasteiger partial charge >= 0.3 is 0 Å². The summed E-state index contributed by atoms with van der Waals surface area (Å²) >= 11 is 0. The number of guanidine groups is 1. The number of piperidine rings is 1. The summed E-state index contributed by atoms with van der Waals surface area (Å²) in [6.45, 7) is 12.5. The Kier molecular flexibility index (Phi) is 8.52. The van der Waals surface area contributed by atoms with Crippen molar-refractivity contribution in [3.63, 3.8) is 0 Å². The van der Waals surface area contributed by atoms with E-state index in [0.717, 1.165) is 32.5 Å². The van der Waals surface area contributed by atoms with Crippen LogP contribution in [0.2, 0.25) is 0 Å². The molecule has 1 aromatic rings. The Morgan fingerprint density at radius 3 is 2.52 bits per heavy atom. The van der Waals surface area contributed by atoms with Crippen LogP contribution in [-0.2, 0) is 16.4 Å². The number of sulfone groups is 1. The molecule has 6 nitrogen and oxygen atoms in total. The third-order valence-corrected chi connectivity index (χ3v) is 8.08. The normalized spacial score (nSPS) is 21.8. The Bertz CT molecular complexity index is 757. The highest BCUT2D eigenvalue weighted by molar-refractivity contribution is 7.92. The highest BCUT2D eigenvalue weighted by atomic mass is 32.2. The molecule has 164 valence electrons. The smallest absolute Gasteiger partial charge is 0.191 e. The fourth-order valence-electron chi connectivity index (χ4n) is 3.50. The van der Waals surface area contributed by atoms with Crippen molar-refractivity contribution in [1.82, 2.24) is 15.5 Å². The molecule has 7 heteroatoms. The van der Waals surface area contributed by atoms with Gasteiger partial charge in [-0.15, -0.1) is 0 Å². The van der Waals surface area contributed by atoms with Gasteiger partial charge in [0.1, 0.15) is 0 Å². The van der Waals surface area contributed by atoms with E-state index >= 15 is 0 Å². The average Bonchev–Trinajstić information content (AvgIpc) is 2.64. The molecule has 2 N–H and O–H groups in total. The summed E-state index contributed by atoms with van der Waals surface area (Å²) in [5.74, 6) is 0.782. The monoisotopic (exact) mass is 422 g/mol. The number of nitrogens with zero attached hydrogens (tertiary/aromatic N) is 2. The van der Waals surface area contributed by atoms with E-state index in [9.17, 15) is 8.42 Å². The maximum atomic E-state index is 12.3. The highest BCUT2D eigenvalue weighted by Crippen LogP contribution is 2.20. The van der Waals surface area contributed by atoms with Gasteiger partial charge in [0.15, 0.2) is 15.8 Å². The van der Waals surface area contributed by atoms with E-state index in [1.165, 1.54) is 5.56 Å². The number of hydrogen-bond donors (Lipinski definition) is 2. The molecular weight excluding hydrogens is 384 g/mol. The van der Waals surface area contributed by atoms with Gasteiger partial charge in [0.25, 0.3) is 0 Å². The predicted molar refractivity (Wildman–Crippen MR) is 122 cm³/mol. The first-order chi connectivity index (χ1) is 13.6. The molecule has 2 unspecified atom stereocenters. The minimum absolute atomic E-state index is 0.0684. The van der Waals surface area contributed by atoms with Crippen molar-refractivity contribution >= 4 is 15.8 Å². The van der Waals surface area contributed by atoms with Crippen molar-refractivity contribution in [2.45, 2.75) is 70.8 Å². The summed E-state index contributed by atoms with van der Waals surface area (Å²) in [5, 5.41) is 6.77. The summed E-state index contributed by atoms with van der Waals surface area (Å²) < 4.78 is 23.8. The van der Waals surface area contributed by atoms with Gasteiger partial charge in [0, 0.05) is 31.7 Å². The Morgan fingerprint density at radius 2 is 1.93 bits per heavy atom. The lowest BCUT2D eigenvalue weighted by Gasteiger charge is -2.38. The molecule has 0 bridgehead atoms. The molecule has 0 radical (unpaired) electrons. The number of nitrogens with one attached hydrogen (secondary N) is 2. The summed E-state index contributed by atoms with van der Waals surface area (Å²) in [6, 6.07) is 11.4. The van der Waals surface area contributed by atoms with Crippen molar-refractivity contribution in [3.05, 3.63) is 35.9 Å². The van der Waals surface area contributed by atoms with E-state index in [2.05, 4.69) is 57.8 Å². The minimum Gasteiger partial charge on any atom is -0.357 e. The number of hydrogen-bond acceptors (Lipinski definition) is 4. The topological polar surface area (TPSA) is 73.8 Å². The summed E-state index contributed by atoms with van der Waals surface area (Å²) in [7, 11) is -3.16. The molecule has 1 saturated heterocycles. The van der Waals surface area contributed by atoms with E-state index in [4.69, 9.17) is 0 Å². The molecule has 0 aliphatic carbocycles. The zero-order valence-corrected chi connectivity index (χ0v) is 19.4.